The van der Waals surface area contributed by atoms with Crippen molar-refractivity contribution in [1.29, 1.82) is 0 Å². The van der Waals surface area contributed by atoms with Crippen LogP contribution in [0.15, 0.2) is 53.4 Å². The van der Waals surface area contributed by atoms with E-state index in [2.05, 4.69) is 15.0 Å². The van der Waals surface area contributed by atoms with E-state index in [-0.39, 0.29) is 11.9 Å². The number of para-hydroxylation sites is 1. The molecule has 0 unspecified atom stereocenters. The van der Waals surface area contributed by atoms with Gasteiger partial charge in [-0.1, -0.05) is 18.2 Å². The Morgan fingerprint density at radius 1 is 1.23 bits per heavy atom. The number of likely N-dealkylation sites (tertiary alicyclic amines) is 1. The average Bonchev–Trinajstić information content (AvgIpc) is 3.31. The van der Waals surface area contributed by atoms with Gasteiger partial charge in [-0.15, -0.1) is 0 Å². The van der Waals surface area contributed by atoms with Gasteiger partial charge in [0.15, 0.2) is 11.6 Å². The molecule has 132 valence electrons. The van der Waals surface area contributed by atoms with Gasteiger partial charge in [0.1, 0.15) is 12.0 Å². The highest BCUT2D eigenvalue weighted by Crippen LogP contribution is 2.32. The van der Waals surface area contributed by atoms with Gasteiger partial charge in [0, 0.05) is 13.5 Å². The molecule has 0 bridgehead atoms. The lowest BCUT2D eigenvalue weighted by Gasteiger charge is -2.23. The summed E-state index contributed by atoms with van der Waals surface area (Å²) in [7, 11) is 0. The lowest BCUT2D eigenvalue weighted by atomic mass is 10.1. The molecule has 1 saturated heterocycles. The lowest BCUT2D eigenvalue weighted by Crippen LogP contribution is -2.31. The molecule has 7 nitrogen and oxygen atoms in total. The molecule has 4 rings (SSSR count). The summed E-state index contributed by atoms with van der Waals surface area (Å²) < 4.78 is 10.9. The first-order chi connectivity index (χ1) is 12.7. The van der Waals surface area contributed by atoms with Crippen LogP contribution in [0.5, 0.6) is 11.6 Å². The van der Waals surface area contributed by atoms with E-state index in [1.807, 2.05) is 30.3 Å². The van der Waals surface area contributed by atoms with E-state index in [0.29, 0.717) is 35.5 Å². The first-order valence-electron chi connectivity index (χ1n) is 8.48. The highest BCUT2D eigenvalue weighted by Gasteiger charge is 2.33. The van der Waals surface area contributed by atoms with Crippen LogP contribution in [0.2, 0.25) is 0 Å². The van der Waals surface area contributed by atoms with Gasteiger partial charge in [-0.2, -0.15) is 0 Å². The number of oxazole rings is 1. The predicted molar refractivity (Wildman–Crippen MR) is 92.8 cm³/mol. The Labute approximate surface area is 150 Å². The summed E-state index contributed by atoms with van der Waals surface area (Å²) in [4.78, 5) is 27.4. The number of rotatable bonds is 4. The molecular weight excluding hydrogens is 332 g/mol. The molecule has 0 N–H and O–H groups in total. The molecular formula is C19H18N4O3. The van der Waals surface area contributed by atoms with E-state index in [1.165, 1.54) is 6.26 Å². The van der Waals surface area contributed by atoms with Gasteiger partial charge in [-0.05, 0) is 25.0 Å². The monoisotopic (exact) mass is 350 g/mol. The third kappa shape index (κ3) is 3.28. The van der Waals surface area contributed by atoms with Crippen LogP contribution in [0.25, 0.3) is 0 Å². The van der Waals surface area contributed by atoms with E-state index in [1.54, 1.807) is 24.2 Å². The molecule has 26 heavy (non-hydrogen) atoms. The highest BCUT2D eigenvalue weighted by atomic mass is 16.5. The summed E-state index contributed by atoms with van der Waals surface area (Å²) in [6.07, 6.45) is 6.37. The molecule has 1 atom stereocenters. The molecule has 1 aromatic carbocycles. The molecule has 1 aliphatic heterocycles. The van der Waals surface area contributed by atoms with Crippen LogP contribution in [-0.4, -0.2) is 32.3 Å². The first-order valence-corrected chi connectivity index (χ1v) is 8.48. The Kier molecular flexibility index (Phi) is 4.35. The predicted octanol–water partition coefficient (Wildman–Crippen LogP) is 3.54. The number of aryl methyl sites for hydroxylation is 1. The SMILES string of the molecule is Cc1nc(C(=O)N2CCC[C@@H]2c2cncc(Oc3ccccc3)n2)co1. The van der Waals surface area contributed by atoms with E-state index in [4.69, 9.17) is 9.15 Å². The van der Waals surface area contributed by atoms with Crippen molar-refractivity contribution in [1.82, 2.24) is 19.9 Å². The molecule has 3 aromatic rings. The Balaban J connectivity index is 1.56. The zero-order valence-corrected chi connectivity index (χ0v) is 14.3. The molecule has 1 amide bonds. The minimum atomic E-state index is -0.152. The van der Waals surface area contributed by atoms with E-state index < -0.39 is 0 Å². The van der Waals surface area contributed by atoms with Crippen LogP contribution in [0.1, 0.15) is 41.0 Å². The maximum absolute atomic E-state index is 12.7. The van der Waals surface area contributed by atoms with Gasteiger partial charge >= 0.3 is 0 Å². The van der Waals surface area contributed by atoms with Crippen molar-refractivity contribution in [3.63, 3.8) is 0 Å². The molecule has 0 saturated carbocycles. The van der Waals surface area contributed by atoms with Gasteiger partial charge in [-0.3, -0.25) is 9.78 Å². The van der Waals surface area contributed by atoms with Gasteiger partial charge < -0.3 is 14.1 Å². The van der Waals surface area contributed by atoms with E-state index in [9.17, 15) is 4.79 Å². The number of carbonyl (C=O) groups is 1. The Morgan fingerprint density at radius 2 is 2.08 bits per heavy atom. The fourth-order valence-corrected chi connectivity index (χ4v) is 3.11. The fraction of sp³-hybridized carbons (Fsp3) is 0.263. The van der Waals surface area contributed by atoms with Gasteiger partial charge in [0.05, 0.1) is 24.1 Å². The van der Waals surface area contributed by atoms with Crippen molar-refractivity contribution in [3.05, 3.63) is 66.3 Å². The largest absolute Gasteiger partial charge is 0.448 e. The lowest BCUT2D eigenvalue weighted by molar-refractivity contribution is 0.0726. The van der Waals surface area contributed by atoms with Crippen LogP contribution in [0, 0.1) is 6.92 Å². The number of benzene rings is 1. The van der Waals surface area contributed by atoms with Crippen LogP contribution < -0.4 is 4.74 Å². The zero-order chi connectivity index (χ0) is 17.9. The summed E-state index contributed by atoms with van der Waals surface area (Å²) >= 11 is 0. The number of carbonyl (C=O) groups excluding carboxylic acids is 1. The molecule has 0 spiro atoms. The first kappa shape index (κ1) is 16.3. The zero-order valence-electron chi connectivity index (χ0n) is 14.3. The summed E-state index contributed by atoms with van der Waals surface area (Å²) in [5.41, 5.74) is 1.03. The maximum Gasteiger partial charge on any atom is 0.276 e. The van der Waals surface area contributed by atoms with E-state index in [0.717, 1.165) is 12.8 Å². The Bertz CT molecular complexity index is 910. The second-order valence-electron chi connectivity index (χ2n) is 6.11. The summed E-state index contributed by atoms with van der Waals surface area (Å²) in [6.45, 7) is 2.37. The summed E-state index contributed by atoms with van der Waals surface area (Å²) in [6, 6.07) is 9.27. The number of ether oxygens (including phenoxy) is 1. The van der Waals surface area contributed by atoms with Gasteiger partial charge in [0.25, 0.3) is 5.91 Å². The molecule has 7 heteroatoms. The third-order valence-corrected chi connectivity index (χ3v) is 4.29. The maximum atomic E-state index is 12.7. The van der Waals surface area contributed by atoms with Crippen LogP contribution in [0.3, 0.4) is 0 Å². The quantitative estimate of drug-likeness (QED) is 0.716. The molecule has 1 fully saturated rings. The molecule has 0 aliphatic carbocycles. The number of aromatic nitrogens is 3. The molecule has 0 radical (unpaired) electrons. The second kappa shape index (κ2) is 6.95. The van der Waals surface area contributed by atoms with Crippen molar-refractivity contribution in [2.45, 2.75) is 25.8 Å². The number of amides is 1. The fourth-order valence-electron chi connectivity index (χ4n) is 3.11. The second-order valence-corrected chi connectivity index (χ2v) is 6.11. The summed E-state index contributed by atoms with van der Waals surface area (Å²) in [5.74, 6) is 1.42. The van der Waals surface area contributed by atoms with Gasteiger partial charge in [0.2, 0.25) is 5.88 Å². The normalized spacial score (nSPS) is 16.7. The van der Waals surface area contributed by atoms with Crippen molar-refractivity contribution < 1.29 is 13.9 Å². The summed E-state index contributed by atoms with van der Waals surface area (Å²) in [5, 5.41) is 0. The minimum Gasteiger partial charge on any atom is -0.448 e. The van der Waals surface area contributed by atoms with Crippen molar-refractivity contribution >= 4 is 5.91 Å². The van der Waals surface area contributed by atoms with Crippen molar-refractivity contribution in [3.8, 4) is 11.6 Å². The third-order valence-electron chi connectivity index (χ3n) is 4.29. The van der Waals surface area contributed by atoms with Crippen molar-refractivity contribution in [2.75, 3.05) is 6.54 Å². The average molecular weight is 350 g/mol. The number of nitrogens with zero attached hydrogens (tertiary/aromatic N) is 4. The standard InChI is InChI=1S/C19H18N4O3/c1-13-21-16(12-25-13)19(24)23-9-5-8-17(23)15-10-20-11-18(22-15)26-14-6-3-2-4-7-14/h2-4,6-7,10-12,17H,5,8-9H2,1H3/t17-/m1/s1. The molecule has 3 heterocycles. The highest BCUT2D eigenvalue weighted by molar-refractivity contribution is 5.92. The van der Waals surface area contributed by atoms with Crippen LogP contribution >= 0.6 is 0 Å². The van der Waals surface area contributed by atoms with Crippen LogP contribution in [-0.2, 0) is 0 Å². The Hall–Kier alpha value is -3.22. The number of hydrogen-bond donors (Lipinski definition) is 0. The number of hydrogen-bond acceptors (Lipinski definition) is 6. The Morgan fingerprint density at radius 3 is 2.85 bits per heavy atom. The topological polar surface area (TPSA) is 81.4 Å². The minimum absolute atomic E-state index is 0.147. The molecule has 2 aromatic heterocycles. The van der Waals surface area contributed by atoms with E-state index >= 15 is 0 Å². The van der Waals surface area contributed by atoms with Gasteiger partial charge in [-0.25, -0.2) is 9.97 Å². The van der Waals surface area contributed by atoms with Crippen LogP contribution in [0.4, 0.5) is 0 Å². The van der Waals surface area contributed by atoms with Crippen molar-refractivity contribution in [2.24, 2.45) is 0 Å². The smallest absolute Gasteiger partial charge is 0.276 e. The molecule has 1 aliphatic rings.